The fraction of sp³-hybridized carbons (Fsp3) is 0.347. The van der Waals surface area contributed by atoms with E-state index in [0.717, 1.165) is 16.7 Å². The molecule has 0 saturated carbocycles. The maximum absolute atomic E-state index is 13.3. The Bertz CT molecular complexity index is 2530. The summed E-state index contributed by atoms with van der Waals surface area (Å²) in [5, 5.41) is 22.4. The van der Waals surface area contributed by atoms with Crippen molar-refractivity contribution in [1.29, 1.82) is 10.5 Å². The molecular formula is C49H53N8O8P. The Kier molecular flexibility index (Phi) is 16.0. The number of amides is 1. The van der Waals surface area contributed by atoms with Crippen LogP contribution in [0, 0.1) is 22.7 Å². The summed E-state index contributed by atoms with van der Waals surface area (Å²) in [5.41, 5.74) is 2.29. The SMILES string of the molecule is COc1ccc(C(OCC2OC(n3cnc4c(NC(=O)c5ccccc5)ncnc43)C(OCC#N)C2OP(OCCC#N)N(C(C)C)C(C)C)(c2ccccc2)c2ccc(OC)cc2)cc1. The zero-order chi connectivity index (χ0) is 46.6. The molecule has 3 heterocycles. The first kappa shape index (κ1) is 47.6. The molecule has 0 radical (unpaired) electrons. The number of benzene rings is 4. The lowest BCUT2D eigenvalue weighted by molar-refractivity contribution is -0.0944. The van der Waals surface area contributed by atoms with E-state index in [1.165, 1.54) is 12.7 Å². The van der Waals surface area contributed by atoms with Crippen molar-refractivity contribution in [2.45, 2.75) is 76.3 Å². The first-order valence-corrected chi connectivity index (χ1v) is 22.7. The molecule has 2 aromatic heterocycles. The molecule has 4 aromatic carbocycles. The van der Waals surface area contributed by atoms with Crippen molar-refractivity contribution in [2.24, 2.45) is 0 Å². The highest BCUT2D eigenvalue weighted by Gasteiger charge is 2.52. The molecule has 0 spiro atoms. The van der Waals surface area contributed by atoms with Crippen molar-refractivity contribution in [2.75, 3.05) is 39.4 Å². The van der Waals surface area contributed by atoms with Crippen LogP contribution in [0.4, 0.5) is 5.82 Å². The van der Waals surface area contributed by atoms with Crippen LogP contribution in [-0.4, -0.2) is 94.5 Å². The van der Waals surface area contributed by atoms with Crippen LogP contribution in [0.5, 0.6) is 11.5 Å². The van der Waals surface area contributed by atoms with E-state index in [1.54, 1.807) is 43.1 Å². The van der Waals surface area contributed by atoms with Gasteiger partial charge < -0.3 is 38.0 Å². The highest BCUT2D eigenvalue weighted by atomic mass is 31.2. The number of nitrogens with zero attached hydrogens (tertiary/aromatic N) is 7. The monoisotopic (exact) mass is 912 g/mol. The predicted molar refractivity (Wildman–Crippen MR) is 247 cm³/mol. The normalized spacial score (nSPS) is 17.7. The van der Waals surface area contributed by atoms with Crippen LogP contribution in [0.2, 0.25) is 0 Å². The van der Waals surface area contributed by atoms with E-state index < -0.39 is 38.7 Å². The summed E-state index contributed by atoms with van der Waals surface area (Å²) in [6.07, 6.45) is -0.774. The molecule has 0 aliphatic carbocycles. The third kappa shape index (κ3) is 10.4. The Morgan fingerprint density at radius 2 is 1.42 bits per heavy atom. The lowest BCUT2D eigenvalue weighted by atomic mass is 9.80. The van der Waals surface area contributed by atoms with E-state index in [-0.39, 0.29) is 50.1 Å². The van der Waals surface area contributed by atoms with Crippen LogP contribution >= 0.6 is 8.53 Å². The van der Waals surface area contributed by atoms with Crippen LogP contribution in [0.3, 0.4) is 0 Å². The van der Waals surface area contributed by atoms with Crippen molar-refractivity contribution in [3.63, 3.8) is 0 Å². The van der Waals surface area contributed by atoms with E-state index in [9.17, 15) is 15.3 Å². The largest absolute Gasteiger partial charge is 0.497 e. The van der Waals surface area contributed by atoms with Gasteiger partial charge in [-0.15, -0.1) is 0 Å². The fourth-order valence-electron chi connectivity index (χ4n) is 8.08. The van der Waals surface area contributed by atoms with Gasteiger partial charge in [-0.25, -0.2) is 19.6 Å². The Labute approximate surface area is 385 Å². The number of rotatable bonds is 21. The van der Waals surface area contributed by atoms with E-state index in [0.29, 0.717) is 28.2 Å². The van der Waals surface area contributed by atoms with Crippen molar-refractivity contribution >= 4 is 31.4 Å². The number of nitriles is 2. The molecule has 5 atom stereocenters. The number of ether oxygens (including phenoxy) is 5. The molecule has 7 rings (SSSR count). The van der Waals surface area contributed by atoms with Gasteiger partial charge in [0, 0.05) is 17.6 Å². The molecule has 1 aliphatic heterocycles. The number of carbonyl (C=O) groups is 1. The average molecular weight is 913 g/mol. The Morgan fingerprint density at radius 3 is 2.00 bits per heavy atom. The summed E-state index contributed by atoms with van der Waals surface area (Å²) in [6.45, 7) is 7.93. The first-order valence-electron chi connectivity index (χ1n) is 21.5. The smallest absolute Gasteiger partial charge is 0.259 e. The molecule has 1 N–H and O–H groups in total. The van der Waals surface area contributed by atoms with Crippen molar-refractivity contribution in [1.82, 2.24) is 24.2 Å². The third-order valence-corrected chi connectivity index (χ3v) is 13.2. The minimum absolute atomic E-state index is 0.0285. The first-order chi connectivity index (χ1) is 32.1. The summed E-state index contributed by atoms with van der Waals surface area (Å²) in [7, 11) is 1.37. The number of imidazole rings is 1. The summed E-state index contributed by atoms with van der Waals surface area (Å²) in [6, 6.07) is 38.3. The second-order valence-electron chi connectivity index (χ2n) is 15.8. The van der Waals surface area contributed by atoms with Gasteiger partial charge in [-0.1, -0.05) is 72.8 Å². The van der Waals surface area contributed by atoms with E-state index in [2.05, 4.69) is 37.1 Å². The number of nitrogens with one attached hydrogen (secondary N) is 1. The van der Waals surface area contributed by atoms with Gasteiger partial charge >= 0.3 is 0 Å². The molecule has 0 bridgehead atoms. The number of anilines is 1. The predicted octanol–water partition coefficient (Wildman–Crippen LogP) is 8.57. The zero-order valence-electron chi connectivity index (χ0n) is 37.7. The quantitative estimate of drug-likeness (QED) is 0.0411. The number of fused-ring (bicyclic) bond motifs is 1. The molecule has 16 nitrogen and oxygen atoms in total. The Hall–Kier alpha value is -6.33. The fourth-order valence-corrected chi connectivity index (χ4v) is 9.85. The highest BCUT2D eigenvalue weighted by molar-refractivity contribution is 7.44. The van der Waals surface area contributed by atoms with E-state index in [1.807, 2.05) is 113 Å². The lowest BCUT2D eigenvalue weighted by Gasteiger charge is -2.39. The second-order valence-corrected chi connectivity index (χ2v) is 17.2. The summed E-state index contributed by atoms with van der Waals surface area (Å²) in [4.78, 5) is 26.9. The molecule has 1 aliphatic rings. The van der Waals surface area contributed by atoms with Gasteiger partial charge in [0.2, 0.25) is 0 Å². The van der Waals surface area contributed by atoms with Crippen molar-refractivity contribution in [3.8, 4) is 23.6 Å². The summed E-state index contributed by atoms with van der Waals surface area (Å²) >= 11 is 0. The number of carbonyl (C=O) groups excluding carboxylic acids is 1. The molecule has 66 heavy (non-hydrogen) atoms. The lowest BCUT2D eigenvalue weighted by Crippen LogP contribution is -2.43. The minimum atomic E-state index is -1.87. The van der Waals surface area contributed by atoms with Crippen molar-refractivity contribution in [3.05, 3.63) is 144 Å². The number of aromatic nitrogens is 4. The topological polar surface area (TPSA) is 188 Å². The van der Waals surface area contributed by atoms with Gasteiger partial charge in [-0.05, 0) is 80.8 Å². The molecular weight excluding hydrogens is 860 g/mol. The molecule has 5 unspecified atom stereocenters. The third-order valence-electron chi connectivity index (χ3n) is 11.0. The maximum atomic E-state index is 13.3. The summed E-state index contributed by atoms with van der Waals surface area (Å²) in [5.74, 6) is 1.17. The van der Waals surface area contributed by atoms with Gasteiger partial charge in [-0.3, -0.25) is 9.36 Å². The molecule has 342 valence electrons. The summed E-state index contributed by atoms with van der Waals surface area (Å²) < 4.78 is 49.4. The van der Waals surface area contributed by atoms with E-state index >= 15 is 0 Å². The van der Waals surface area contributed by atoms with Gasteiger partial charge in [-0.2, -0.15) is 10.5 Å². The van der Waals surface area contributed by atoms with Crippen LogP contribution in [-0.2, 0) is 28.9 Å². The van der Waals surface area contributed by atoms with Gasteiger partial charge in [0.1, 0.15) is 48.3 Å². The van der Waals surface area contributed by atoms with Crippen LogP contribution in [0.25, 0.3) is 11.2 Å². The van der Waals surface area contributed by atoms with Crippen LogP contribution in [0.15, 0.2) is 122 Å². The number of methoxy groups -OCH3 is 2. The molecule has 17 heteroatoms. The Morgan fingerprint density at radius 1 is 0.818 bits per heavy atom. The molecule has 1 saturated heterocycles. The zero-order valence-corrected chi connectivity index (χ0v) is 38.6. The van der Waals surface area contributed by atoms with Gasteiger partial charge in [0.15, 0.2) is 23.2 Å². The second kappa shape index (κ2) is 22.2. The van der Waals surface area contributed by atoms with Crippen LogP contribution < -0.4 is 14.8 Å². The molecule has 1 amide bonds. The van der Waals surface area contributed by atoms with Gasteiger partial charge in [0.05, 0.1) is 52.3 Å². The maximum Gasteiger partial charge on any atom is 0.259 e. The minimum Gasteiger partial charge on any atom is -0.497 e. The number of hydrogen-bond donors (Lipinski definition) is 1. The molecule has 6 aromatic rings. The highest BCUT2D eigenvalue weighted by Crippen LogP contribution is 2.51. The molecule has 1 fully saturated rings. The van der Waals surface area contributed by atoms with Crippen LogP contribution in [0.1, 0.15) is 67.4 Å². The van der Waals surface area contributed by atoms with Crippen molar-refractivity contribution < 1.29 is 37.5 Å². The van der Waals surface area contributed by atoms with Gasteiger partial charge in [0.25, 0.3) is 14.4 Å². The standard InChI is InChI=1S/C49H53N8O8P/c1-33(2)57(34(3)4)66(63-28-13-26-50)65-43-41(30-62-49(36-16-11-8-12-17-36,37-18-22-39(59-5)23-19-37)38-20-24-40(60-6)25-21-38)64-48(44(43)61-29-27-51)56-32-54-42-45(52-31-53-46(42)56)55-47(58)35-14-9-7-10-15-35/h7-12,14-25,31-34,41,43-44,48H,13,28-30H2,1-6H3,(H,52,53,55,58). The van der Waals surface area contributed by atoms with E-state index in [4.69, 9.17) is 32.7 Å². The average Bonchev–Trinajstić information content (AvgIpc) is 3.93. The number of hydrogen-bond acceptors (Lipinski definition) is 14. The Balaban J connectivity index is 1.35.